The van der Waals surface area contributed by atoms with Crippen molar-refractivity contribution in [1.29, 1.82) is 0 Å². The van der Waals surface area contributed by atoms with E-state index in [0.717, 1.165) is 29.7 Å². The van der Waals surface area contributed by atoms with Gasteiger partial charge in [0.25, 0.3) is 5.91 Å². The molecule has 104 valence electrons. The highest BCUT2D eigenvalue weighted by molar-refractivity contribution is 5.95. The molecule has 2 atom stereocenters. The SMILES string of the molecule is CNc1ccc(C(=O)N2C(C)CCCC2C)cc1C. The van der Waals surface area contributed by atoms with E-state index in [2.05, 4.69) is 24.1 Å². The molecule has 0 aromatic heterocycles. The van der Waals surface area contributed by atoms with Crippen molar-refractivity contribution in [3.8, 4) is 0 Å². The maximum atomic E-state index is 12.7. The number of hydrogen-bond donors (Lipinski definition) is 1. The van der Waals surface area contributed by atoms with E-state index in [9.17, 15) is 4.79 Å². The van der Waals surface area contributed by atoms with Crippen molar-refractivity contribution in [2.45, 2.75) is 52.1 Å². The second kappa shape index (κ2) is 5.64. The van der Waals surface area contributed by atoms with E-state index in [1.807, 2.05) is 32.2 Å². The molecule has 3 nitrogen and oxygen atoms in total. The summed E-state index contributed by atoms with van der Waals surface area (Å²) in [6, 6.07) is 6.60. The third kappa shape index (κ3) is 2.75. The Morgan fingerprint density at radius 1 is 1.26 bits per heavy atom. The minimum absolute atomic E-state index is 0.172. The lowest BCUT2D eigenvalue weighted by Crippen LogP contribution is -2.47. The topological polar surface area (TPSA) is 32.3 Å². The van der Waals surface area contributed by atoms with Gasteiger partial charge in [0.2, 0.25) is 0 Å². The highest BCUT2D eigenvalue weighted by Gasteiger charge is 2.29. The van der Waals surface area contributed by atoms with Crippen molar-refractivity contribution in [3.05, 3.63) is 29.3 Å². The van der Waals surface area contributed by atoms with Crippen LogP contribution in [0.3, 0.4) is 0 Å². The Labute approximate surface area is 116 Å². The number of carbonyl (C=O) groups is 1. The maximum absolute atomic E-state index is 12.7. The number of anilines is 1. The normalized spacial score (nSPS) is 23.3. The molecule has 1 saturated heterocycles. The number of hydrogen-bond acceptors (Lipinski definition) is 2. The molecule has 19 heavy (non-hydrogen) atoms. The molecule has 1 heterocycles. The number of nitrogens with one attached hydrogen (secondary N) is 1. The van der Waals surface area contributed by atoms with E-state index < -0.39 is 0 Å². The van der Waals surface area contributed by atoms with Crippen LogP contribution in [0.15, 0.2) is 18.2 Å². The molecule has 1 aliphatic rings. The molecule has 0 spiro atoms. The molecular weight excluding hydrogens is 236 g/mol. The van der Waals surface area contributed by atoms with E-state index in [1.54, 1.807) is 0 Å². The van der Waals surface area contributed by atoms with Gasteiger partial charge in [-0.15, -0.1) is 0 Å². The quantitative estimate of drug-likeness (QED) is 0.883. The average Bonchev–Trinajstić information content (AvgIpc) is 2.38. The first kappa shape index (κ1) is 13.9. The summed E-state index contributed by atoms with van der Waals surface area (Å²) < 4.78 is 0. The van der Waals surface area contributed by atoms with Gasteiger partial charge in [-0.25, -0.2) is 0 Å². The first-order chi connectivity index (χ1) is 9.04. The molecule has 1 aromatic rings. The zero-order chi connectivity index (χ0) is 14.0. The molecule has 2 unspecified atom stereocenters. The van der Waals surface area contributed by atoms with Crippen LogP contribution in [0.4, 0.5) is 5.69 Å². The van der Waals surface area contributed by atoms with Crippen LogP contribution in [0.5, 0.6) is 0 Å². The van der Waals surface area contributed by atoms with Crippen LogP contribution in [0.1, 0.15) is 49.0 Å². The number of aryl methyl sites for hydroxylation is 1. The Balaban J connectivity index is 2.25. The number of amides is 1. The molecular formula is C16H24N2O. The average molecular weight is 260 g/mol. The molecule has 1 fully saturated rings. The monoisotopic (exact) mass is 260 g/mol. The van der Waals surface area contributed by atoms with E-state index in [-0.39, 0.29) is 5.91 Å². The van der Waals surface area contributed by atoms with Crippen LogP contribution in [0.2, 0.25) is 0 Å². The van der Waals surface area contributed by atoms with Crippen LogP contribution in [-0.2, 0) is 0 Å². The van der Waals surface area contributed by atoms with Crippen molar-refractivity contribution in [1.82, 2.24) is 4.90 Å². The fourth-order valence-electron chi connectivity index (χ4n) is 3.05. The summed E-state index contributed by atoms with van der Waals surface area (Å²) in [5.41, 5.74) is 3.00. The molecule has 1 amide bonds. The second-order valence-electron chi connectivity index (χ2n) is 5.62. The number of rotatable bonds is 2. The first-order valence-electron chi connectivity index (χ1n) is 7.15. The summed E-state index contributed by atoms with van der Waals surface area (Å²) in [5, 5.41) is 3.13. The number of likely N-dealkylation sites (tertiary alicyclic amines) is 1. The van der Waals surface area contributed by atoms with E-state index in [0.29, 0.717) is 12.1 Å². The van der Waals surface area contributed by atoms with Crippen LogP contribution in [0.25, 0.3) is 0 Å². The van der Waals surface area contributed by atoms with E-state index >= 15 is 0 Å². The van der Waals surface area contributed by atoms with Crippen LogP contribution in [-0.4, -0.2) is 29.9 Å². The lowest BCUT2D eigenvalue weighted by molar-refractivity contribution is 0.0510. The molecule has 1 aromatic carbocycles. The fourth-order valence-corrected chi connectivity index (χ4v) is 3.05. The summed E-state index contributed by atoms with van der Waals surface area (Å²) in [4.78, 5) is 14.7. The van der Waals surface area contributed by atoms with Crippen molar-refractivity contribution >= 4 is 11.6 Å². The standard InChI is InChI=1S/C16H24N2O/c1-11-10-14(8-9-15(11)17-4)16(19)18-12(2)6-5-7-13(18)3/h8-10,12-13,17H,5-7H2,1-4H3. The molecule has 1 aliphatic heterocycles. The minimum Gasteiger partial charge on any atom is -0.388 e. The molecule has 0 radical (unpaired) electrons. The molecule has 1 N–H and O–H groups in total. The second-order valence-corrected chi connectivity index (χ2v) is 5.62. The van der Waals surface area contributed by atoms with Gasteiger partial charge in [-0.1, -0.05) is 0 Å². The number of nitrogens with zero attached hydrogens (tertiary/aromatic N) is 1. The molecule has 0 saturated carbocycles. The van der Waals surface area contributed by atoms with Gasteiger partial charge in [0.05, 0.1) is 0 Å². The summed E-state index contributed by atoms with van der Waals surface area (Å²) in [6.45, 7) is 6.34. The van der Waals surface area contributed by atoms with E-state index in [1.165, 1.54) is 6.42 Å². The van der Waals surface area contributed by atoms with Gasteiger partial charge in [0, 0.05) is 30.4 Å². The Morgan fingerprint density at radius 3 is 2.42 bits per heavy atom. The van der Waals surface area contributed by atoms with Crippen molar-refractivity contribution in [3.63, 3.8) is 0 Å². The van der Waals surface area contributed by atoms with Crippen LogP contribution < -0.4 is 5.32 Å². The lowest BCUT2D eigenvalue weighted by Gasteiger charge is -2.39. The highest BCUT2D eigenvalue weighted by Crippen LogP contribution is 2.25. The lowest BCUT2D eigenvalue weighted by atomic mass is 9.96. The highest BCUT2D eigenvalue weighted by atomic mass is 16.2. The number of piperidine rings is 1. The third-order valence-electron chi connectivity index (χ3n) is 4.17. The van der Waals surface area contributed by atoms with Gasteiger partial charge in [0.1, 0.15) is 0 Å². The smallest absolute Gasteiger partial charge is 0.254 e. The van der Waals surface area contributed by atoms with Gasteiger partial charge in [-0.05, 0) is 63.8 Å². The van der Waals surface area contributed by atoms with E-state index in [4.69, 9.17) is 0 Å². The third-order valence-corrected chi connectivity index (χ3v) is 4.17. The predicted octanol–water partition coefficient (Wildman–Crippen LogP) is 3.44. The van der Waals surface area contributed by atoms with Gasteiger partial charge >= 0.3 is 0 Å². The van der Waals surface area contributed by atoms with Gasteiger partial charge in [-0.2, -0.15) is 0 Å². The maximum Gasteiger partial charge on any atom is 0.254 e. The molecule has 0 aliphatic carbocycles. The van der Waals surface area contributed by atoms with Crippen molar-refractivity contribution < 1.29 is 4.79 Å². The Bertz CT molecular complexity index is 460. The van der Waals surface area contributed by atoms with Gasteiger partial charge in [0.15, 0.2) is 0 Å². The summed E-state index contributed by atoms with van der Waals surface area (Å²) in [6.07, 6.45) is 3.46. The fraction of sp³-hybridized carbons (Fsp3) is 0.562. The summed E-state index contributed by atoms with van der Waals surface area (Å²) in [5.74, 6) is 0.172. The van der Waals surface area contributed by atoms with Gasteiger partial charge < -0.3 is 10.2 Å². The summed E-state index contributed by atoms with van der Waals surface area (Å²) >= 11 is 0. The largest absolute Gasteiger partial charge is 0.388 e. The minimum atomic E-state index is 0.172. The summed E-state index contributed by atoms with van der Waals surface area (Å²) in [7, 11) is 1.90. The van der Waals surface area contributed by atoms with Crippen molar-refractivity contribution in [2.75, 3.05) is 12.4 Å². The zero-order valence-corrected chi connectivity index (χ0v) is 12.4. The van der Waals surface area contributed by atoms with Crippen LogP contribution in [0, 0.1) is 6.92 Å². The molecule has 3 heteroatoms. The molecule has 0 bridgehead atoms. The van der Waals surface area contributed by atoms with Gasteiger partial charge in [-0.3, -0.25) is 4.79 Å². The molecule has 2 rings (SSSR count). The first-order valence-corrected chi connectivity index (χ1v) is 7.15. The predicted molar refractivity (Wildman–Crippen MR) is 79.7 cm³/mol. The van der Waals surface area contributed by atoms with Crippen molar-refractivity contribution in [2.24, 2.45) is 0 Å². The Morgan fingerprint density at radius 2 is 1.89 bits per heavy atom. The Kier molecular flexibility index (Phi) is 4.13. The Hall–Kier alpha value is -1.51. The zero-order valence-electron chi connectivity index (χ0n) is 12.4. The number of carbonyl (C=O) groups excluding carboxylic acids is 1. The number of benzene rings is 1. The van der Waals surface area contributed by atoms with Crippen LogP contribution >= 0.6 is 0 Å².